The van der Waals surface area contributed by atoms with Crippen molar-refractivity contribution >= 4 is 0 Å². The molecule has 0 unspecified atom stereocenters. The van der Waals surface area contributed by atoms with Gasteiger partial charge in [0.15, 0.2) is 0 Å². The summed E-state index contributed by atoms with van der Waals surface area (Å²) in [6, 6.07) is 0. The maximum absolute atomic E-state index is 10.0. The van der Waals surface area contributed by atoms with Crippen molar-refractivity contribution in [2.24, 2.45) is 0 Å². The standard InChI is InChI=1S/C43H87N2O/c1-5-7-9-11-13-15-17-19-21-23-25-27-29-31-33-35-39-45(42-43-46,41-37-38-44(3)4)40-36-34-32-30-28-26-24-22-20-18-16-14-12-10-8-6-2/h19-22,46H,5-18,23-43H2,1-4H3/q+1. The second-order valence-corrected chi connectivity index (χ2v) is 15.0. The van der Waals surface area contributed by atoms with Crippen LogP contribution < -0.4 is 0 Å². The highest BCUT2D eigenvalue weighted by Crippen LogP contribution is 2.18. The number of aliphatic hydroxyl groups excluding tert-OH is 1. The zero-order valence-corrected chi connectivity index (χ0v) is 32.4. The topological polar surface area (TPSA) is 23.5 Å². The molecule has 0 bridgehead atoms. The average molecular weight is 648 g/mol. The van der Waals surface area contributed by atoms with Crippen LogP contribution in [-0.2, 0) is 0 Å². The Morgan fingerprint density at radius 1 is 0.391 bits per heavy atom. The molecule has 0 atom stereocenters. The molecule has 0 heterocycles. The van der Waals surface area contributed by atoms with Gasteiger partial charge in [0.1, 0.15) is 6.54 Å². The van der Waals surface area contributed by atoms with Crippen LogP contribution >= 0.6 is 0 Å². The van der Waals surface area contributed by atoms with E-state index in [2.05, 4.69) is 57.1 Å². The molecule has 0 aliphatic rings. The van der Waals surface area contributed by atoms with Gasteiger partial charge in [0, 0.05) is 13.0 Å². The molecule has 46 heavy (non-hydrogen) atoms. The third kappa shape index (κ3) is 33.3. The molecule has 0 aliphatic carbocycles. The van der Waals surface area contributed by atoms with Crippen LogP contribution in [0.5, 0.6) is 0 Å². The van der Waals surface area contributed by atoms with Gasteiger partial charge in [0.2, 0.25) is 0 Å². The lowest BCUT2D eigenvalue weighted by Gasteiger charge is -2.39. The SMILES string of the molecule is CCCCCCCCC=CCCCCCCCC[N+](CCO)(CCCCCCCCC=CCCCCCCCC)CCCN(C)C. The van der Waals surface area contributed by atoms with Crippen LogP contribution in [0.25, 0.3) is 0 Å². The predicted molar refractivity (Wildman–Crippen MR) is 209 cm³/mol. The van der Waals surface area contributed by atoms with E-state index in [1.54, 1.807) is 0 Å². The molecule has 0 fully saturated rings. The molecule has 0 rings (SSSR count). The van der Waals surface area contributed by atoms with E-state index in [1.807, 2.05) is 0 Å². The van der Waals surface area contributed by atoms with Gasteiger partial charge in [-0.3, -0.25) is 0 Å². The lowest BCUT2D eigenvalue weighted by Crippen LogP contribution is -2.52. The molecule has 0 amide bonds. The molecule has 3 nitrogen and oxygen atoms in total. The number of nitrogens with zero attached hydrogens (tertiary/aromatic N) is 2. The molecule has 0 saturated carbocycles. The van der Waals surface area contributed by atoms with E-state index >= 15 is 0 Å². The van der Waals surface area contributed by atoms with Crippen molar-refractivity contribution in [2.45, 2.75) is 200 Å². The molecule has 0 aromatic rings. The summed E-state index contributed by atoms with van der Waals surface area (Å²) in [7, 11) is 4.38. The van der Waals surface area contributed by atoms with Crippen molar-refractivity contribution in [1.29, 1.82) is 0 Å². The Bertz CT molecular complexity index is 586. The second-order valence-electron chi connectivity index (χ2n) is 15.0. The van der Waals surface area contributed by atoms with Crippen LogP contribution in [0.3, 0.4) is 0 Å². The molecule has 1 N–H and O–H groups in total. The molecular weight excluding hydrogens is 560 g/mol. The maximum Gasteiger partial charge on any atom is 0.102 e. The molecule has 0 aromatic heterocycles. The fourth-order valence-electron chi connectivity index (χ4n) is 6.99. The lowest BCUT2D eigenvalue weighted by molar-refractivity contribution is -0.929. The Hall–Kier alpha value is -0.640. The van der Waals surface area contributed by atoms with Gasteiger partial charge in [-0.2, -0.15) is 0 Å². The number of hydrogen-bond acceptors (Lipinski definition) is 2. The van der Waals surface area contributed by atoms with E-state index in [0.29, 0.717) is 6.61 Å². The lowest BCUT2D eigenvalue weighted by atomic mass is 10.1. The highest BCUT2D eigenvalue weighted by molar-refractivity contribution is 4.82. The van der Waals surface area contributed by atoms with E-state index in [-0.39, 0.29) is 0 Å². The fraction of sp³-hybridized carbons (Fsp3) is 0.907. The third-order valence-electron chi connectivity index (χ3n) is 10.1. The fourth-order valence-corrected chi connectivity index (χ4v) is 6.99. The van der Waals surface area contributed by atoms with Crippen molar-refractivity contribution in [3.8, 4) is 0 Å². The largest absolute Gasteiger partial charge is 0.391 e. The molecule has 0 aromatic carbocycles. The molecule has 0 aliphatic heterocycles. The zero-order chi connectivity index (χ0) is 33.7. The van der Waals surface area contributed by atoms with Gasteiger partial charge >= 0.3 is 0 Å². The number of unbranched alkanes of at least 4 members (excludes halogenated alkanes) is 24. The highest BCUT2D eigenvalue weighted by atomic mass is 16.3. The van der Waals surface area contributed by atoms with Gasteiger partial charge in [-0.25, -0.2) is 0 Å². The Morgan fingerprint density at radius 3 is 1.02 bits per heavy atom. The Morgan fingerprint density at radius 2 is 0.696 bits per heavy atom. The van der Waals surface area contributed by atoms with Crippen molar-refractivity contribution in [3.63, 3.8) is 0 Å². The molecule has 3 heteroatoms. The number of hydrogen-bond donors (Lipinski definition) is 1. The Kier molecular flexibility index (Phi) is 36.7. The quantitative estimate of drug-likeness (QED) is 0.0409. The van der Waals surface area contributed by atoms with Gasteiger partial charge in [0.05, 0.1) is 26.2 Å². The van der Waals surface area contributed by atoms with Crippen LogP contribution in [0.4, 0.5) is 0 Å². The van der Waals surface area contributed by atoms with E-state index in [0.717, 1.165) is 17.6 Å². The predicted octanol–water partition coefficient (Wildman–Crippen LogP) is 12.8. The van der Waals surface area contributed by atoms with Crippen LogP contribution in [0.15, 0.2) is 24.3 Å². The van der Waals surface area contributed by atoms with Crippen LogP contribution in [0.2, 0.25) is 0 Å². The first-order valence-corrected chi connectivity index (χ1v) is 21.0. The van der Waals surface area contributed by atoms with E-state index in [1.165, 1.54) is 206 Å². The molecule has 274 valence electrons. The van der Waals surface area contributed by atoms with Crippen molar-refractivity contribution in [3.05, 3.63) is 24.3 Å². The minimum atomic E-state index is 0.334. The summed E-state index contributed by atoms with van der Waals surface area (Å²) >= 11 is 0. The monoisotopic (exact) mass is 648 g/mol. The van der Waals surface area contributed by atoms with Crippen molar-refractivity contribution < 1.29 is 9.59 Å². The average Bonchev–Trinajstić information content (AvgIpc) is 3.04. The highest BCUT2D eigenvalue weighted by Gasteiger charge is 2.25. The summed E-state index contributed by atoms with van der Waals surface area (Å²) in [5.74, 6) is 0. The van der Waals surface area contributed by atoms with Crippen LogP contribution in [0, 0.1) is 0 Å². The van der Waals surface area contributed by atoms with Crippen molar-refractivity contribution in [1.82, 2.24) is 4.90 Å². The Balaban J connectivity index is 4.10. The smallest absolute Gasteiger partial charge is 0.102 e. The minimum absolute atomic E-state index is 0.334. The van der Waals surface area contributed by atoms with Crippen molar-refractivity contribution in [2.75, 3.05) is 53.4 Å². The van der Waals surface area contributed by atoms with Crippen LogP contribution in [-0.4, -0.2) is 67.9 Å². The van der Waals surface area contributed by atoms with Gasteiger partial charge in [-0.05, 0) is 91.1 Å². The first-order valence-electron chi connectivity index (χ1n) is 21.0. The van der Waals surface area contributed by atoms with Gasteiger partial charge < -0.3 is 14.5 Å². The van der Waals surface area contributed by atoms with E-state index < -0.39 is 0 Å². The first-order chi connectivity index (χ1) is 22.6. The third-order valence-corrected chi connectivity index (χ3v) is 10.1. The van der Waals surface area contributed by atoms with Crippen LogP contribution in [0.1, 0.15) is 200 Å². The van der Waals surface area contributed by atoms with Gasteiger partial charge in [0.25, 0.3) is 0 Å². The minimum Gasteiger partial charge on any atom is -0.391 e. The summed E-state index contributed by atoms with van der Waals surface area (Å²) in [5, 5.41) is 10.0. The number of quaternary nitrogens is 1. The van der Waals surface area contributed by atoms with Gasteiger partial charge in [-0.15, -0.1) is 0 Å². The summed E-state index contributed by atoms with van der Waals surface area (Å²) < 4.78 is 1.15. The first kappa shape index (κ1) is 45.4. The zero-order valence-electron chi connectivity index (χ0n) is 32.4. The molecule has 0 radical (unpaired) electrons. The summed E-state index contributed by atoms with van der Waals surface area (Å²) in [4.78, 5) is 2.32. The molecule has 0 spiro atoms. The normalized spacial score (nSPS) is 13.5. The summed E-state index contributed by atoms with van der Waals surface area (Å²) in [6.07, 6.45) is 49.3. The van der Waals surface area contributed by atoms with Gasteiger partial charge in [-0.1, -0.05) is 141 Å². The number of rotatable bonds is 38. The molecular formula is C43H87N2O+. The second kappa shape index (κ2) is 37.2. The van der Waals surface area contributed by atoms with E-state index in [9.17, 15) is 5.11 Å². The number of aliphatic hydroxyl groups is 1. The summed E-state index contributed by atoms with van der Waals surface area (Å²) in [5.41, 5.74) is 0. The maximum atomic E-state index is 10.0. The summed E-state index contributed by atoms with van der Waals surface area (Å²) in [6.45, 7) is 10.8. The Labute approximate surface area is 291 Å². The number of allylic oxidation sites excluding steroid dienone is 4. The molecule has 0 saturated heterocycles. The van der Waals surface area contributed by atoms with E-state index in [4.69, 9.17) is 0 Å².